The Hall–Kier alpha value is -6.61. The van der Waals surface area contributed by atoms with Gasteiger partial charge in [0.25, 0.3) is 5.91 Å². The lowest BCUT2D eigenvalue weighted by Gasteiger charge is -2.29. The number of aliphatic hydroxyl groups excluding tert-OH is 4. The van der Waals surface area contributed by atoms with Gasteiger partial charge < -0.3 is 99.7 Å². The number of esters is 3. The maximum Gasteiger partial charge on any atom is 0.337 e. The van der Waals surface area contributed by atoms with Gasteiger partial charge in [0.2, 0.25) is 47.3 Å². The number of halogens is 1. The predicted molar refractivity (Wildman–Crippen MR) is 304 cm³/mol. The number of ether oxygens (including phenoxy) is 3. The zero-order chi connectivity index (χ0) is 64.2. The van der Waals surface area contributed by atoms with Crippen molar-refractivity contribution in [2.24, 2.45) is 17.2 Å². The van der Waals surface area contributed by atoms with Gasteiger partial charge in [0.1, 0.15) is 54.6 Å². The zero-order valence-corrected chi connectivity index (χ0v) is 49.8. The fourth-order valence-corrected chi connectivity index (χ4v) is 8.59. The summed E-state index contributed by atoms with van der Waals surface area (Å²) in [5, 5.41) is 63.8. The molecule has 19 N–H and O–H groups in total. The smallest absolute Gasteiger partial charge is 0.337 e. The monoisotopic (exact) mass is 1230 g/mol. The Morgan fingerprint density at radius 2 is 1.15 bits per heavy atom. The molecule has 1 fully saturated rings. The standard InChI is InChI=1S/C53H91ClN12O19/c1-6-8-9-10-11-12-13-14-15-18-30(68)25-38(70)58-36-28-85-52(81)41(37(69)27-54)65-51(80)42(43(72)53(82)84-5)66-44(73)31(7-2)59-50(79)40(29(3)67)64-47(76)34(21-24-57)61-45(74)32(19-16-17-22-55)60-48(77)35(26-39(71)83-4)63-46(75)33(20-23-56)62-49(36)78/h7,29-30,32-37,40-43,67-69,72H,6,8-28,55-57H2,1-5H3,(H,58,70)(H,59,79)(H,60,77)(H,61,74)(H,62,78)(H,63,75)(H,64,76)(H,65,80)(H,66,73)/b31-7-/t29-,30+,32+,33-,34+,35+,36+,37-,40+,41+,42+,43+/m1/s1. The lowest BCUT2D eigenvalue weighted by molar-refractivity contribution is -0.157. The molecule has 0 saturated carbocycles. The number of methoxy groups -OCH3 is 2. The second-order valence-corrected chi connectivity index (χ2v) is 20.5. The Labute approximate surface area is 499 Å². The van der Waals surface area contributed by atoms with Crippen LogP contribution in [0.15, 0.2) is 11.8 Å². The minimum absolute atomic E-state index is 0.145. The summed E-state index contributed by atoms with van der Waals surface area (Å²) in [5.41, 5.74) is 16.6. The average Bonchev–Trinajstić information content (AvgIpc) is 3.57. The average molecular weight is 1240 g/mol. The van der Waals surface area contributed by atoms with Gasteiger partial charge in [0.15, 0.2) is 12.1 Å². The molecule has 0 spiro atoms. The van der Waals surface area contributed by atoms with Gasteiger partial charge in [-0.15, -0.1) is 11.6 Å². The zero-order valence-electron chi connectivity index (χ0n) is 49.1. The molecule has 1 aliphatic heterocycles. The second kappa shape index (κ2) is 42.2. The molecule has 0 aromatic carbocycles. The summed E-state index contributed by atoms with van der Waals surface area (Å²) in [7, 11) is 1.78. The van der Waals surface area contributed by atoms with Gasteiger partial charge in [-0.25, -0.2) is 9.59 Å². The largest absolute Gasteiger partial charge is 0.469 e. The summed E-state index contributed by atoms with van der Waals surface area (Å²) < 4.78 is 14.7. The third-order valence-corrected chi connectivity index (χ3v) is 13.7. The van der Waals surface area contributed by atoms with Crippen molar-refractivity contribution in [3.63, 3.8) is 0 Å². The normalized spacial score (nSPS) is 24.2. The number of allylic oxidation sites excluding steroid dienone is 1. The van der Waals surface area contributed by atoms with Crippen LogP contribution in [0.25, 0.3) is 0 Å². The van der Waals surface area contributed by atoms with Crippen LogP contribution in [-0.2, 0) is 71.7 Å². The molecule has 1 aliphatic rings. The molecule has 0 aromatic heterocycles. The van der Waals surface area contributed by atoms with Gasteiger partial charge in [0.05, 0.1) is 51.3 Å². The van der Waals surface area contributed by atoms with Gasteiger partial charge in [-0.2, -0.15) is 0 Å². The topological polar surface area (TPSA) is 500 Å². The summed E-state index contributed by atoms with van der Waals surface area (Å²) in [6.07, 6.45) is 0.569. The van der Waals surface area contributed by atoms with E-state index in [2.05, 4.69) is 48.9 Å². The molecule has 1 heterocycles. The van der Waals surface area contributed by atoms with Crippen molar-refractivity contribution in [3.8, 4) is 0 Å². The maximum absolute atomic E-state index is 14.3. The van der Waals surface area contributed by atoms with Gasteiger partial charge in [-0.3, -0.25) is 47.9 Å². The van der Waals surface area contributed by atoms with E-state index < -0.39 is 181 Å². The van der Waals surface area contributed by atoms with Crippen molar-refractivity contribution in [1.82, 2.24) is 47.9 Å². The highest BCUT2D eigenvalue weighted by Crippen LogP contribution is 2.14. The Kier molecular flexibility index (Phi) is 38.0. The van der Waals surface area contributed by atoms with Crippen LogP contribution in [0.4, 0.5) is 0 Å². The lowest BCUT2D eigenvalue weighted by atomic mass is 10.0. The molecule has 9 amide bonds. The second-order valence-electron chi connectivity index (χ2n) is 20.2. The minimum atomic E-state index is -2.59. The van der Waals surface area contributed by atoms with Crippen molar-refractivity contribution in [2.75, 3.05) is 46.3 Å². The first-order valence-corrected chi connectivity index (χ1v) is 29.0. The van der Waals surface area contributed by atoms with E-state index in [1.165, 1.54) is 6.92 Å². The van der Waals surface area contributed by atoms with Crippen LogP contribution in [0.1, 0.15) is 130 Å². The maximum atomic E-state index is 14.3. The fraction of sp³-hybridized carbons (Fsp3) is 0.736. The van der Waals surface area contributed by atoms with Crippen LogP contribution in [0.3, 0.4) is 0 Å². The highest BCUT2D eigenvalue weighted by molar-refractivity contribution is 6.18. The summed E-state index contributed by atoms with van der Waals surface area (Å²) in [6.45, 7) is 2.81. The van der Waals surface area contributed by atoms with Gasteiger partial charge in [-0.05, 0) is 72.0 Å². The van der Waals surface area contributed by atoms with E-state index in [-0.39, 0.29) is 45.3 Å². The molecule has 484 valence electrons. The highest BCUT2D eigenvalue weighted by atomic mass is 35.5. The fourth-order valence-electron chi connectivity index (χ4n) is 8.42. The summed E-state index contributed by atoms with van der Waals surface area (Å²) in [6, 6.07) is -15.3. The molecule has 31 nitrogen and oxygen atoms in total. The van der Waals surface area contributed by atoms with Crippen molar-refractivity contribution in [2.45, 2.75) is 203 Å². The number of alkyl halides is 1. The molecule has 32 heteroatoms. The van der Waals surface area contributed by atoms with Crippen LogP contribution in [0, 0.1) is 0 Å². The van der Waals surface area contributed by atoms with Crippen LogP contribution >= 0.6 is 11.6 Å². The van der Waals surface area contributed by atoms with Crippen LogP contribution in [-0.4, -0.2) is 211 Å². The van der Waals surface area contributed by atoms with Crippen molar-refractivity contribution in [1.29, 1.82) is 0 Å². The third-order valence-electron chi connectivity index (χ3n) is 13.4. The predicted octanol–water partition coefficient (Wildman–Crippen LogP) is -4.98. The molecule has 0 aromatic rings. The molecule has 85 heavy (non-hydrogen) atoms. The van der Waals surface area contributed by atoms with Crippen molar-refractivity contribution < 1.29 is 92.2 Å². The summed E-state index contributed by atoms with van der Waals surface area (Å²) >= 11 is 5.91. The first-order chi connectivity index (χ1) is 40.4. The van der Waals surface area contributed by atoms with E-state index in [4.69, 9.17) is 38.3 Å². The third kappa shape index (κ3) is 28.4. The first-order valence-electron chi connectivity index (χ1n) is 28.5. The Balaban J connectivity index is 4.07. The number of aliphatic hydroxyl groups is 4. The van der Waals surface area contributed by atoms with E-state index in [0.29, 0.717) is 12.8 Å². The lowest BCUT2D eigenvalue weighted by Crippen LogP contribution is -2.62. The summed E-state index contributed by atoms with van der Waals surface area (Å²) in [5.74, 6) is -16.0. The van der Waals surface area contributed by atoms with E-state index in [1.54, 1.807) is 0 Å². The van der Waals surface area contributed by atoms with Crippen molar-refractivity contribution >= 4 is 82.7 Å². The number of nitrogens with one attached hydrogen (secondary N) is 9. The Morgan fingerprint density at radius 1 is 0.635 bits per heavy atom. The number of rotatable bonds is 28. The molecule has 0 bridgehead atoms. The van der Waals surface area contributed by atoms with E-state index in [1.807, 2.05) is 10.6 Å². The van der Waals surface area contributed by atoms with Crippen LogP contribution < -0.4 is 65.1 Å². The van der Waals surface area contributed by atoms with Gasteiger partial charge in [-0.1, -0.05) is 70.8 Å². The molecule has 0 radical (unpaired) electrons. The molecule has 1 rings (SSSR count). The quantitative estimate of drug-likeness (QED) is 0.0115. The van der Waals surface area contributed by atoms with Crippen LogP contribution in [0.2, 0.25) is 0 Å². The number of nitrogens with two attached hydrogens (primary N) is 3. The van der Waals surface area contributed by atoms with Gasteiger partial charge >= 0.3 is 17.9 Å². The number of cyclic esters (lactones) is 1. The molecule has 12 atom stereocenters. The van der Waals surface area contributed by atoms with E-state index in [0.717, 1.165) is 78.6 Å². The molecule has 0 unspecified atom stereocenters. The van der Waals surface area contributed by atoms with E-state index >= 15 is 0 Å². The summed E-state index contributed by atoms with van der Waals surface area (Å²) in [4.78, 5) is 165. The number of carbonyl (C=O) groups excluding carboxylic acids is 12. The number of amides is 9. The molecular formula is C53H91ClN12O19. The van der Waals surface area contributed by atoms with Crippen molar-refractivity contribution in [3.05, 3.63) is 11.8 Å². The highest BCUT2D eigenvalue weighted by Gasteiger charge is 2.41. The Bertz CT molecular complexity index is 2230. The Morgan fingerprint density at radius 3 is 1.67 bits per heavy atom. The van der Waals surface area contributed by atoms with E-state index in [9.17, 15) is 78.0 Å². The SMILES string of the molecule is C/C=C1\NC(=O)[C@H]([C@@H](C)O)NC(=O)[C@H](CCN)NC(=O)[C@H](CCCCN)NC(=O)[C@H](CC(=O)OC)NC(=O)[C@@H](CCN)NC(=O)[C@@H](NC(=O)C[C@@H](O)CCCCCCCCCCC)COC(=O)[C@H]([C@H](O)CCl)NC(=O)[C@H]([C@H](O)C(=O)OC)NC1=O. The number of carbonyl (C=O) groups is 12. The number of hydrogen-bond acceptors (Lipinski definition) is 22. The number of hydrogen-bond donors (Lipinski definition) is 16. The molecule has 1 saturated heterocycles. The van der Waals surface area contributed by atoms with Gasteiger partial charge in [0, 0.05) is 0 Å². The number of unbranched alkanes of at least 4 members (excludes halogenated alkanes) is 9. The molecule has 0 aliphatic carbocycles. The minimum Gasteiger partial charge on any atom is -0.469 e. The molecular weight excluding hydrogens is 1140 g/mol. The van der Waals surface area contributed by atoms with Crippen LogP contribution in [0.5, 0.6) is 0 Å². The first kappa shape index (κ1) is 76.4.